The van der Waals surface area contributed by atoms with E-state index < -0.39 is 6.43 Å². The van der Waals surface area contributed by atoms with Crippen LogP contribution in [0.3, 0.4) is 0 Å². The van der Waals surface area contributed by atoms with Gasteiger partial charge in [-0.2, -0.15) is 0 Å². The molecular formula is C5H7ClF2. The lowest BCUT2D eigenvalue weighted by Crippen LogP contribution is -1.90. The average molecular weight is 141 g/mol. The van der Waals surface area contributed by atoms with Gasteiger partial charge < -0.3 is 0 Å². The molecule has 48 valence electrons. The second kappa shape index (κ2) is 3.84. The summed E-state index contributed by atoms with van der Waals surface area (Å²) in [7, 11) is 0. The fourth-order valence-electron chi connectivity index (χ4n) is 0.211. The lowest BCUT2D eigenvalue weighted by Gasteiger charge is -1.93. The molecule has 0 amide bonds. The largest absolute Gasteiger partial charge is 0.259 e. The van der Waals surface area contributed by atoms with E-state index in [0.29, 0.717) is 0 Å². The first-order valence-electron chi connectivity index (χ1n) is 2.19. The molecule has 0 rings (SSSR count). The van der Waals surface area contributed by atoms with Crippen LogP contribution in [-0.4, -0.2) is 12.3 Å². The zero-order valence-electron chi connectivity index (χ0n) is 4.50. The SMILES string of the molecule is C/C(=C/CCl)C(F)F. The summed E-state index contributed by atoms with van der Waals surface area (Å²) in [5.41, 5.74) is 0.0417. The van der Waals surface area contributed by atoms with Crippen molar-refractivity contribution in [3.8, 4) is 0 Å². The number of halogens is 3. The van der Waals surface area contributed by atoms with Gasteiger partial charge in [0, 0.05) is 5.88 Å². The smallest absolute Gasteiger partial charge is 0.205 e. The maximum absolute atomic E-state index is 11.5. The molecule has 0 unspecified atom stereocenters. The number of alkyl halides is 3. The number of rotatable bonds is 2. The Morgan fingerprint density at radius 1 is 1.75 bits per heavy atom. The second-order valence-electron chi connectivity index (χ2n) is 1.40. The highest BCUT2D eigenvalue weighted by Gasteiger charge is 2.01. The first-order chi connectivity index (χ1) is 3.68. The molecule has 0 aromatic carbocycles. The van der Waals surface area contributed by atoms with Gasteiger partial charge in [-0.25, -0.2) is 8.78 Å². The van der Waals surface area contributed by atoms with Crippen molar-refractivity contribution in [2.24, 2.45) is 0 Å². The molecule has 0 bridgehead atoms. The van der Waals surface area contributed by atoms with Crippen molar-refractivity contribution in [1.29, 1.82) is 0 Å². The lowest BCUT2D eigenvalue weighted by molar-refractivity contribution is 0.189. The molecule has 0 fully saturated rings. The molecule has 0 saturated heterocycles. The Morgan fingerprint density at radius 2 is 2.25 bits per heavy atom. The second-order valence-corrected chi connectivity index (χ2v) is 1.71. The van der Waals surface area contributed by atoms with Crippen molar-refractivity contribution < 1.29 is 8.78 Å². The highest BCUT2D eigenvalue weighted by Crippen LogP contribution is 2.06. The van der Waals surface area contributed by atoms with Crippen LogP contribution >= 0.6 is 11.6 Å². The maximum atomic E-state index is 11.5. The standard InChI is InChI=1S/C5H7ClF2/c1-4(2-3-6)5(7)8/h2,5H,3H2,1H3/b4-2-. The Labute approximate surface area is 52.1 Å². The van der Waals surface area contributed by atoms with E-state index in [4.69, 9.17) is 11.6 Å². The molecule has 0 aromatic rings. The molecule has 0 spiro atoms. The van der Waals surface area contributed by atoms with Crippen LogP contribution in [0.2, 0.25) is 0 Å². The van der Waals surface area contributed by atoms with Crippen LogP contribution in [0, 0.1) is 0 Å². The van der Waals surface area contributed by atoms with Gasteiger partial charge in [-0.05, 0) is 12.5 Å². The summed E-state index contributed by atoms with van der Waals surface area (Å²) < 4.78 is 23.0. The Morgan fingerprint density at radius 3 is 2.38 bits per heavy atom. The summed E-state index contributed by atoms with van der Waals surface area (Å²) in [6.07, 6.45) is -1.06. The monoisotopic (exact) mass is 140 g/mol. The molecule has 3 heteroatoms. The molecule has 8 heavy (non-hydrogen) atoms. The summed E-state index contributed by atoms with van der Waals surface area (Å²) in [6, 6.07) is 0. The molecule has 0 radical (unpaired) electrons. The first kappa shape index (κ1) is 7.89. The predicted molar refractivity (Wildman–Crippen MR) is 30.5 cm³/mol. The van der Waals surface area contributed by atoms with Crippen LogP contribution in [0.15, 0.2) is 11.6 Å². The third-order valence-corrected chi connectivity index (χ3v) is 0.898. The predicted octanol–water partition coefficient (Wildman–Crippen LogP) is 2.44. The molecule has 0 N–H and O–H groups in total. The van der Waals surface area contributed by atoms with E-state index in [1.807, 2.05) is 0 Å². The van der Waals surface area contributed by atoms with E-state index in [1.54, 1.807) is 0 Å². The fourth-order valence-corrected chi connectivity index (χ4v) is 0.454. The summed E-state index contributed by atoms with van der Waals surface area (Å²) in [4.78, 5) is 0. The highest BCUT2D eigenvalue weighted by molar-refractivity contribution is 6.18. The number of hydrogen-bond donors (Lipinski definition) is 0. The molecule has 0 aliphatic heterocycles. The zero-order chi connectivity index (χ0) is 6.57. The number of allylic oxidation sites excluding steroid dienone is 2. The molecule has 0 atom stereocenters. The van der Waals surface area contributed by atoms with Gasteiger partial charge in [-0.3, -0.25) is 0 Å². The Kier molecular flexibility index (Phi) is 3.79. The minimum absolute atomic E-state index is 0.0417. The first-order valence-corrected chi connectivity index (χ1v) is 2.72. The van der Waals surface area contributed by atoms with Crippen LogP contribution < -0.4 is 0 Å². The minimum Gasteiger partial charge on any atom is -0.205 e. The van der Waals surface area contributed by atoms with Crippen LogP contribution in [0.1, 0.15) is 6.92 Å². The summed E-state index contributed by atoms with van der Waals surface area (Å²) >= 11 is 5.13. The average Bonchev–Trinajstić information content (AvgIpc) is 1.67. The third kappa shape index (κ3) is 2.97. The van der Waals surface area contributed by atoms with Gasteiger partial charge in [0.2, 0.25) is 0 Å². The minimum atomic E-state index is -2.35. The van der Waals surface area contributed by atoms with Crippen molar-refractivity contribution in [3.63, 3.8) is 0 Å². The summed E-state index contributed by atoms with van der Waals surface area (Å²) in [6.45, 7) is 1.35. The maximum Gasteiger partial charge on any atom is 0.259 e. The Balaban J connectivity index is 3.61. The molecule has 0 nitrogen and oxygen atoms in total. The zero-order valence-corrected chi connectivity index (χ0v) is 5.25. The van der Waals surface area contributed by atoms with Crippen molar-refractivity contribution in [3.05, 3.63) is 11.6 Å². The van der Waals surface area contributed by atoms with Gasteiger partial charge in [-0.15, -0.1) is 11.6 Å². The normalized spacial score (nSPS) is 12.9. The van der Waals surface area contributed by atoms with Crippen molar-refractivity contribution in [2.75, 3.05) is 5.88 Å². The third-order valence-electron chi connectivity index (χ3n) is 0.743. The Bertz CT molecular complexity index is 88.4. The topological polar surface area (TPSA) is 0 Å². The lowest BCUT2D eigenvalue weighted by atomic mass is 10.3. The number of hydrogen-bond acceptors (Lipinski definition) is 0. The van der Waals surface area contributed by atoms with E-state index in [2.05, 4.69) is 0 Å². The van der Waals surface area contributed by atoms with Gasteiger partial charge in [0.1, 0.15) is 0 Å². The van der Waals surface area contributed by atoms with E-state index in [-0.39, 0.29) is 11.5 Å². The molecule has 0 heterocycles. The van der Waals surface area contributed by atoms with E-state index in [9.17, 15) is 8.78 Å². The van der Waals surface area contributed by atoms with Crippen LogP contribution in [0.5, 0.6) is 0 Å². The van der Waals surface area contributed by atoms with Gasteiger partial charge >= 0.3 is 0 Å². The van der Waals surface area contributed by atoms with Crippen LogP contribution in [0.4, 0.5) is 8.78 Å². The summed E-state index contributed by atoms with van der Waals surface area (Å²) in [5, 5.41) is 0. The highest BCUT2D eigenvalue weighted by atomic mass is 35.5. The van der Waals surface area contributed by atoms with E-state index in [0.717, 1.165) is 0 Å². The molecule has 0 saturated carbocycles. The van der Waals surface area contributed by atoms with E-state index >= 15 is 0 Å². The van der Waals surface area contributed by atoms with Crippen molar-refractivity contribution in [1.82, 2.24) is 0 Å². The van der Waals surface area contributed by atoms with Crippen molar-refractivity contribution in [2.45, 2.75) is 13.3 Å². The van der Waals surface area contributed by atoms with E-state index in [1.165, 1.54) is 13.0 Å². The van der Waals surface area contributed by atoms with Crippen LogP contribution in [-0.2, 0) is 0 Å². The Hall–Kier alpha value is -0.110. The quantitative estimate of drug-likeness (QED) is 0.408. The van der Waals surface area contributed by atoms with Gasteiger partial charge in [-0.1, -0.05) is 6.08 Å². The molecule has 0 aliphatic carbocycles. The van der Waals surface area contributed by atoms with Gasteiger partial charge in [0.25, 0.3) is 6.43 Å². The molecule has 0 aliphatic rings. The summed E-state index contributed by atoms with van der Waals surface area (Å²) in [5.74, 6) is 0.163. The van der Waals surface area contributed by atoms with Crippen LogP contribution in [0.25, 0.3) is 0 Å². The van der Waals surface area contributed by atoms with Gasteiger partial charge in [0.05, 0.1) is 0 Å². The molecular weight excluding hydrogens is 134 g/mol. The fraction of sp³-hybridized carbons (Fsp3) is 0.600. The molecule has 0 aromatic heterocycles. The van der Waals surface area contributed by atoms with Crippen molar-refractivity contribution >= 4 is 11.6 Å². The van der Waals surface area contributed by atoms with Gasteiger partial charge in [0.15, 0.2) is 0 Å².